The van der Waals surface area contributed by atoms with E-state index in [0.717, 1.165) is 0 Å². The minimum absolute atomic E-state index is 0.125. The second-order valence-corrected chi connectivity index (χ2v) is 11.7. The highest BCUT2D eigenvalue weighted by Gasteiger charge is 2.06. The average molecular weight is 246 g/mol. The maximum Gasteiger partial charge on any atom is 0.332 e. The van der Waals surface area contributed by atoms with E-state index in [-0.39, 0.29) is 40.9 Å². The van der Waals surface area contributed by atoms with Crippen molar-refractivity contribution in [2.24, 2.45) is 0 Å². The lowest BCUT2D eigenvalue weighted by molar-refractivity contribution is -0.159. The number of carbonyl (C=O) groups is 1. The number of ether oxygens (including phenoxy) is 2. The second kappa shape index (κ2) is 12.6. The second-order valence-electron chi connectivity index (χ2n) is 4.74. The van der Waals surface area contributed by atoms with Crippen LogP contribution in [0.2, 0.25) is 34.7 Å². The van der Waals surface area contributed by atoms with Crippen LogP contribution < -0.4 is 0 Å². The Morgan fingerprint density at radius 1 is 0.933 bits per heavy atom. The minimum Gasteiger partial charge on any atom is -0.462 e. The van der Waals surface area contributed by atoms with E-state index in [1.807, 2.05) is 0 Å². The van der Waals surface area contributed by atoms with Crippen LogP contribution in [0.15, 0.2) is 0 Å². The zero-order valence-corrected chi connectivity index (χ0v) is 13.3. The number of rotatable bonds is 0. The summed E-state index contributed by atoms with van der Waals surface area (Å²) in [5.41, 5.74) is 0. The van der Waals surface area contributed by atoms with Crippen molar-refractivity contribution in [3.8, 4) is 0 Å². The summed E-state index contributed by atoms with van der Waals surface area (Å²) in [6.45, 7) is 1.09. The van der Waals surface area contributed by atoms with Crippen LogP contribution >= 0.6 is 0 Å². The van der Waals surface area contributed by atoms with E-state index in [0.29, 0.717) is 13.2 Å². The van der Waals surface area contributed by atoms with Crippen LogP contribution in [0.3, 0.4) is 0 Å². The Hall–Kier alpha value is 0.495. The minimum atomic E-state index is -0.258. The molecule has 0 aromatic rings. The van der Waals surface area contributed by atoms with Gasteiger partial charge < -0.3 is 9.47 Å². The van der Waals surface area contributed by atoms with Gasteiger partial charge in [0.05, 0.1) is 6.61 Å². The van der Waals surface area contributed by atoms with E-state index in [9.17, 15) is 4.79 Å². The first-order chi connectivity index (χ1) is 6.86. The van der Waals surface area contributed by atoms with Crippen LogP contribution in [0.4, 0.5) is 0 Å². The molecular formula is C10H24Al2O3. The summed E-state index contributed by atoms with van der Waals surface area (Å²) >= 11 is -0.278. The molecular weight excluding hydrogens is 222 g/mol. The molecule has 0 N–H and O–H groups in total. The third kappa shape index (κ3) is 31.4. The summed E-state index contributed by atoms with van der Waals surface area (Å²) in [4.78, 5) is 10.1. The SMILES string of the molecule is O=C1COCCO1.[CH3][Al]([CH3])[CH3].[CH3][Al]([CH3])[CH3]. The van der Waals surface area contributed by atoms with Crippen molar-refractivity contribution in [1.82, 2.24) is 0 Å². The highest BCUT2D eigenvalue weighted by atomic mass is 27.2. The standard InChI is InChI=1S/C4H6O3.6CH3.2Al/c5-4-3-6-1-2-7-4;;;;;;;;/h1-3H2;6*1H3;;. The fourth-order valence-electron chi connectivity index (χ4n) is 0.412. The highest BCUT2D eigenvalue weighted by molar-refractivity contribution is 6.54. The highest BCUT2D eigenvalue weighted by Crippen LogP contribution is 1.88. The first-order valence-corrected chi connectivity index (χ1v) is 12.5. The predicted octanol–water partition coefficient (Wildman–Crippen LogP) is 2.30. The fraction of sp³-hybridized carbons (Fsp3) is 0.900. The summed E-state index contributed by atoms with van der Waals surface area (Å²) in [5, 5.41) is 0. The first-order valence-electron chi connectivity index (χ1n) is 5.59. The molecule has 15 heavy (non-hydrogen) atoms. The summed E-state index contributed by atoms with van der Waals surface area (Å²) in [7, 11) is 0. The lowest BCUT2D eigenvalue weighted by Crippen LogP contribution is -2.22. The van der Waals surface area contributed by atoms with Crippen molar-refractivity contribution in [1.29, 1.82) is 0 Å². The van der Waals surface area contributed by atoms with Gasteiger partial charge in [-0.05, 0) is 0 Å². The van der Waals surface area contributed by atoms with Crippen LogP contribution in [-0.2, 0) is 14.3 Å². The fourth-order valence-corrected chi connectivity index (χ4v) is 0.412. The first kappa shape index (κ1) is 17.9. The molecule has 0 amide bonds. The topological polar surface area (TPSA) is 35.5 Å². The summed E-state index contributed by atoms with van der Waals surface area (Å²) in [5.74, 6) is 13.6. The molecule has 0 radical (unpaired) electrons. The molecule has 1 rings (SSSR count). The number of esters is 1. The molecule has 0 spiro atoms. The largest absolute Gasteiger partial charge is 0.462 e. The smallest absolute Gasteiger partial charge is 0.332 e. The Morgan fingerprint density at radius 3 is 1.47 bits per heavy atom. The van der Waals surface area contributed by atoms with Crippen LogP contribution in [0, 0.1) is 0 Å². The summed E-state index contributed by atoms with van der Waals surface area (Å²) in [6, 6.07) is 0. The van der Waals surface area contributed by atoms with Crippen molar-refractivity contribution in [2.45, 2.75) is 34.7 Å². The van der Waals surface area contributed by atoms with E-state index >= 15 is 0 Å². The van der Waals surface area contributed by atoms with E-state index in [2.05, 4.69) is 39.5 Å². The Bertz CT molecular complexity index is 130. The third-order valence-electron chi connectivity index (χ3n) is 0.711. The molecule has 0 aromatic carbocycles. The van der Waals surface area contributed by atoms with Crippen LogP contribution in [0.1, 0.15) is 0 Å². The Kier molecular flexibility index (Phi) is 15.0. The zero-order valence-electron chi connectivity index (χ0n) is 11.0. The molecule has 3 nitrogen and oxygen atoms in total. The van der Waals surface area contributed by atoms with Gasteiger partial charge in [-0.2, -0.15) is 0 Å². The van der Waals surface area contributed by atoms with Gasteiger partial charge in [0, 0.05) is 0 Å². The Labute approximate surface area is 103 Å². The van der Waals surface area contributed by atoms with Crippen molar-refractivity contribution in [2.75, 3.05) is 19.8 Å². The summed E-state index contributed by atoms with van der Waals surface area (Å²) in [6.07, 6.45) is 0. The Morgan fingerprint density at radius 2 is 1.33 bits per heavy atom. The summed E-state index contributed by atoms with van der Waals surface area (Å²) < 4.78 is 9.22. The van der Waals surface area contributed by atoms with Gasteiger partial charge in [-0.3, -0.25) is 0 Å². The number of hydrogen-bond donors (Lipinski definition) is 0. The molecule has 0 aliphatic carbocycles. The lowest BCUT2D eigenvalue weighted by Gasteiger charge is -2.09. The van der Waals surface area contributed by atoms with E-state index in [4.69, 9.17) is 4.74 Å². The molecule has 1 aliphatic heterocycles. The average Bonchev–Trinajstić information content (AvgIpc) is 2.03. The number of cyclic esters (lactones) is 1. The lowest BCUT2D eigenvalue weighted by atomic mass is 10.6. The molecule has 1 saturated heterocycles. The maximum absolute atomic E-state index is 10.1. The quantitative estimate of drug-likeness (QED) is 0.486. The Balaban J connectivity index is 0. The van der Waals surface area contributed by atoms with Crippen molar-refractivity contribution < 1.29 is 14.3 Å². The zero-order chi connectivity index (χ0) is 12.3. The monoisotopic (exact) mass is 246 g/mol. The molecule has 5 heteroatoms. The van der Waals surface area contributed by atoms with E-state index in [1.165, 1.54) is 0 Å². The molecule has 1 heterocycles. The molecule has 0 saturated carbocycles. The van der Waals surface area contributed by atoms with Crippen LogP contribution in [0.25, 0.3) is 0 Å². The molecule has 1 aliphatic rings. The van der Waals surface area contributed by atoms with Gasteiger partial charge in [-0.15, -0.1) is 34.7 Å². The van der Waals surface area contributed by atoms with Crippen molar-refractivity contribution in [3.05, 3.63) is 0 Å². The maximum atomic E-state index is 10.1. The molecule has 0 bridgehead atoms. The normalized spacial score (nSPS) is 13.6. The van der Waals surface area contributed by atoms with Crippen molar-refractivity contribution >= 4 is 34.3 Å². The molecule has 0 atom stereocenters. The molecule has 1 fully saturated rings. The van der Waals surface area contributed by atoms with Crippen LogP contribution in [0.5, 0.6) is 0 Å². The predicted molar refractivity (Wildman–Crippen MR) is 68.5 cm³/mol. The molecule has 88 valence electrons. The van der Waals surface area contributed by atoms with E-state index in [1.54, 1.807) is 0 Å². The van der Waals surface area contributed by atoms with Crippen molar-refractivity contribution in [3.63, 3.8) is 0 Å². The van der Waals surface area contributed by atoms with Crippen LogP contribution in [-0.4, -0.2) is 54.1 Å². The third-order valence-corrected chi connectivity index (χ3v) is 0.711. The van der Waals surface area contributed by atoms with Gasteiger partial charge in [-0.1, -0.05) is 0 Å². The molecule has 0 aromatic heterocycles. The van der Waals surface area contributed by atoms with Gasteiger partial charge in [0.2, 0.25) is 0 Å². The van der Waals surface area contributed by atoms with Gasteiger partial charge in [0.15, 0.2) is 0 Å². The van der Waals surface area contributed by atoms with E-state index < -0.39 is 0 Å². The number of hydrogen-bond acceptors (Lipinski definition) is 3. The van der Waals surface area contributed by atoms with Gasteiger partial charge in [0.1, 0.15) is 13.2 Å². The van der Waals surface area contributed by atoms with Gasteiger partial charge in [-0.25, -0.2) is 4.79 Å². The van der Waals surface area contributed by atoms with Gasteiger partial charge >= 0.3 is 5.97 Å². The molecule has 0 unspecified atom stereocenters. The number of carbonyl (C=O) groups excluding carboxylic acids is 1. The van der Waals surface area contributed by atoms with Gasteiger partial charge in [0.25, 0.3) is 28.3 Å².